The number of rotatable bonds is 2. The van der Waals surface area contributed by atoms with Crippen LogP contribution in [0.1, 0.15) is 24.3 Å². The fourth-order valence-corrected chi connectivity index (χ4v) is 3.04. The number of morpholine rings is 1. The number of fused-ring (bicyclic) bond motifs is 2. The standard InChI is InChI=1S/C13H19N3O2.2ClH/c1-17-12-4-13(14)15-5-11(12)8-2-9-6-18-7-10(3-8)16-9;;/h4-5,8-10,16H,2-3,6-7H2,1H3,(H2,14,15);2*1H. The molecule has 0 saturated carbocycles. The number of piperidine rings is 1. The van der Waals surface area contributed by atoms with Gasteiger partial charge in [-0.3, -0.25) is 0 Å². The summed E-state index contributed by atoms with van der Waals surface area (Å²) in [6.07, 6.45) is 4.00. The van der Waals surface area contributed by atoms with Gasteiger partial charge in [-0.25, -0.2) is 4.98 Å². The Balaban J connectivity index is 0.000001000. The lowest BCUT2D eigenvalue weighted by Crippen LogP contribution is -2.53. The number of hydrogen-bond acceptors (Lipinski definition) is 5. The van der Waals surface area contributed by atoms with Gasteiger partial charge in [0.15, 0.2) is 0 Å². The third-order valence-corrected chi connectivity index (χ3v) is 3.82. The number of nitrogens with two attached hydrogens (primary N) is 1. The van der Waals surface area contributed by atoms with E-state index < -0.39 is 0 Å². The molecular weight excluding hydrogens is 301 g/mol. The monoisotopic (exact) mass is 321 g/mol. The molecule has 2 aliphatic heterocycles. The molecule has 3 rings (SSSR count). The summed E-state index contributed by atoms with van der Waals surface area (Å²) < 4.78 is 11.0. The van der Waals surface area contributed by atoms with E-state index in [0.717, 1.165) is 31.8 Å². The Morgan fingerprint density at radius 3 is 2.55 bits per heavy atom. The maximum atomic E-state index is 5.70. The Morgan fingerprint density at radius 1 is 1.30 bits per heavy atom. The summed E-state index contributed by atoms with van der Waals surface area (Å²) in [6.45, 7) is 1.61. The molecule has 3 heterocycles. The number of pyridine rings is 1. The van der Waals surface area contributed by atoms with Crippen LogP contribution in [0.3, 0.4) is 0 Å². The van der Waals surface area contributed by atoms with Gasteiger partial charge in [0.05, 0.1) is 20.3 Å². The molecule has 2 unspecified atom stereocenters. The highest BCUT2D eigenvalue weighted by molar-refractivity contribution is 5.85. The number of nitrogen functional groups attached to an aromatic ring is 1. The van der Waals surface area contributed by atoms with E-state index in [-0.39, 0.29) is 24.8 Å². The smallest absolute Gasteiger partial charge is 0.127 e. The lowest BCUT2D eigenvalue weighted by molar-refractivity contribution is 0.0178. The van der Waals surface area contributed by atoms with Gasteiger partial charge in [-0.05, 0) is 18.8 Å². The summed E-state index contributed by atoms with van der Waals surface area (Å²) in [7, 11) is 1.68. The molecule has 2 aliphatic rings. The van der Waals surface area contributed by atoms with Gasteiger partial charge in [0.25, 0.3) is 0 Å². The highest BCUT2D eigenvalue weighted by Gasteiger charge is 2.33. The highest BCUT2D eigenvalue weighted by Crippen LogP contribution is 2.37. The average Bonchev–Trinajstić information content (AvgIpc) is 2.38. The molecule has 1 aromatic rings. The number of hydrogen-bond donors (Lipinski definition) is 2. The topological polar surface area (TPSA) is 69.4 Å². The fourth-order valence-electron chi connectivity index (χ4n) is 3.04. The molecule has 2 atom stereocenters. The Morgan fingerprint density at radius 2 is 1.95 bits per heavy atom. The third kappa shape index (κ3) is 3.47. The van der Waals surface area contributed by atoms with Gasteiger partial charge in [0.1, 0.15) is 11.6 Å². The fraction of sp³-hybridized carbons (Fsp3) is 0.615. The summed E-state index contributed by atoms with van der Waals surface area (Å²) in [5, 5.41) is 3.59. The van der Waals surface area contributed by atoms with Crippen molar-refractivity contribution in [1.82, 2.24) is 10.3 Å². The molecule has 0 aliphatic carbocycles. The van der Waals surface area contributed by atoms with E-state index in [4.69, 9.17) is 15.2 Å². The van der Waals surface area contributed by atoms with Crippen LogP contribution in [0.15, 0.2) is 12.3 Å². The molecule has 114 valence electrons. The van der Waals surface area contributed by atoms with Crippen LogP contribution in [-0.2, 0) is 4.74 Å². The van der Waals surface area contributed by atoms with E-state index in [0.29, 0.717) is 23.8 Å². The van der Waals surface area contributed by atoms with Crippen LogP contribution >= 0.6 is 24.8 Å². The Labute approximate surface area is 131 Å². The molecule has 0 aromatic carbocycles. The summed E-state index contributed by atoms with van der Waals surface area (Å²) in [5.74, 6) is 1.84. The van der Waals surface area contributed by atoms with Gasteiger partial charge in [0.2, 0.25) is 0 Å². The predicted molar refractivity (Wildman–Crippen MR) is 83.2 cm³/mol. The Kier molecular flexibility index (Phi) is 6.33. The molecule has 7 heteroatoms. The number of methoxy groups -OCH3 is 1. The SMILES string of the molecule is COc1cc(N)ncc1C1CC2COCC(C1)N2.Cl.Cl. The van der Waals surface area contributed by atoms with Crippen molar-refractivity contribution in [3.8, 4) is 5.75 Å². The molecule has 2 fully saturated rings. The first-order valence-electron chi connectivity index (χ1n) is 6.39. The lowest BCUT2D eigenvalue weighted by Gasteiger charge is -2.40. The molecular formula is C13H21Cl2N3O2. The van der Waals surface area contributed by atoms with Crippen molar-refractivity contribution in [1.29, 1.82) is 0 Å². The van der Waals surface area contributed by atoms with Crippen LogP contribution in [0, 0.1) is 0 Å². The molecule has 0 amide bonds. The quantitative estimate of drug-likeness (QED) is 0.868. The molecule has 1 aromatic heterocycles. The highest BCUT2D eigenvalue weighted by atomic mass is 35.5. The minimum Gasteiger partial charge on any atom is -0.496 e. The van der Waals surface area contributed by atoms with Gasteiger partial charge in [-0.1, -0.05) is 0 Å². The van der Waals surface area contributed by atoms with Crippen molar-refractivity contribution in [3.05, 3.63) is 17.8 Å². The second-order valence-electron chi connectivity index (χ2n) is 5.12. The number of nitrogens with zero attached hydrogens (tertiary/aromatic N) is 1. The summed E-state index contributed by atoms with van der Waals surface area (Å²) in [6, 6.07) is 2.71. The van der Waals surface area contributed by atoms with Crippen molar-refractivity contribution in [2.75, 3.05) is 26.1 Å². The van der Waals surface area contributed by atoms with Crippen LogP contribution in [0.25, 0.3) is 0 Å². The first-order valence-corrected chi connectivity index (χ1v) is 6.39. The minimum absolute atomic E-state index is 0. The van der Waals surface area contributed by atoms with Gasteiger partial charge >= 0.3 is 0 Å². The van der Waals surface area contributed by atoms with E-state index in [1.807, 2.05) is 12.3 Å². The van der Waals surface area contributed by atoms with Crippen molar-refractivity contribution >= 4 is 30.6 Å². The predicted octanol–water partition coefficient (Wildman–Crippen LogP) is 1.75. The average molecular weight is 322 g/mol. The van der Waals surface area contributed by atoms with Crippen LogP contribution in [-0.4, -0.2) is 37.4 Å². The number of anilines is 1. The minimum atomic E-state index is 0. The van der Waals surface area contributed by atoms with Crippen molar-refractivity contribution < 1.29 is 9.47 Å². The Hall–Kier alpha value is -0.750. The lowest BCUT2D eigenvalue weighted by atomic mass is 9.82. The zero-order valence-corrected chi connectivity index (χ0v) is 13.0. The number of nitrogens with one attached hydrogen (secondary N) is 1. The molecule has 0 spiro atoms. The molecule has 2 saturated heterocycles. The summed E-state index contributed by atoms with van der Waals surface area (Å²) in [4.78, 5) is 4.20. The Bertz CT molecular complexity index is 436. The van der Waals surface area contributed by atoms with Gasteiger partial charge < -0.3 is 20.5 Å². The van der Waals surface area contributed by atoms with E-state index in [2.05, 4.69) is 10.3 Å². The van der Waals surface area contributed by atoms with Crippen LogP contribution in [0.2, 0.25) is 0 Å². The molecule has 20 heavy (non-hydrogen) atoms. The van der Waals surface area contributed by atoms with Crippen molar-refractivity contribution in [2.24, 2.45) is 0 Å². The first-order chi connectivity index (χ1) is 8.76. The maximum absolute atomic E-state index is 5.70. The van der Waals surface area contributed by atoms with Crippen LogP contribution in [0.5, 0.6) is 5.75 Å². The number of halogens is 2. The maximum Gasteiger partial charge on any atom is 0.127 e. The zero-order valence-electron chi connectivity index (χ0n) is 11.4. The number of aromatic nitrogens is 1. The third-order valence-electron chi connectivity index (χ3n) is 3.82. The number of ether oxygens (including phenoxy) is 2. The van der Waals surface area contributed by atoms with E-state index in [1.165, 1.54) is 5.56 Å². The molecule has 2 bridgehead atoms. The van der Waals surface area contributed by atoms with Crippen molar-refractivity contribution in [3.63, 3.8) is 0 Å². The van der Waals surface area contributed by atoms with Crippen molar-refractivity contribution in [2.45, 2.75) is 30.8 Å². The second kappa shape index (κ2) is 7.31. The summed E-state index contributed by atoms with van der Waals surface area (Å²) >= 11 is 0. The second-order valence-corrected chi connectivity index (χ2v) is 5.12. The normalized spacial score (nSPS) is 27.9. The van der Waals surface area contributed by atoms with Gasteiger partial charge in [0, 0.05) is 29.9 Å². The molecule has 3 N–H and O–H groups in total. The van der Waals surface area contributed by atoms with E-state index in [9.17, 15) is 0 Å². The van der Waals surface area contributed by atoms with Gasteiger partial charge in [-0.2, -0.15) is 0 Å². The van der Waals surface area contributed by atoms with Crippen LogP contribution < -0.4 is 15.8 Å². The molecule has 5 nitrogen and oxygen atoms in total. The first kappa shape index (κ1) is 17.3. The summed E-state index contributed by atoms with van der Waals surface area (Å²) in [5.41, 5.74) is 6.87. The van der Waals surface area contributed by atoms with Crippen LogP contribution in [0.4, 0.5) is 5.82 Å². The van der Waals surface area contributed by atoms with E-state index in [1.54, 1.807) is 7.11 Å². The zero-order chi connectivity index (χ0) is 12.5. The van der Waals surface area contributed by atoms with E-state index >= 15 is 0 Å². The van der Waals surface area contributed by atoms with Gasteiger partial charge in [-0.15, -0.1) is 24.8 Å². The molecule has 0 radical (unpaired) electrons. The largest absolute Gasteiger partial charge is 0.496 e.